The van der Waals surface area contributed by atoms with Crippen molar-refractivity contribution in [2.45, 2.75) is 17.9 Å². The third-order valence-corrected chi connectivity index (χ3v) is 3.68. The van der Waals surface area contributed by atoms with Gasteiger partial charge in [0.15, 0.2) is 0 Å². The minimum Gasteiger partial charge on any atom is -0.374 e. The number of amides is 1. The van der Waals surface area contributed by atoms with E-state index in [1.54, 1.807) is 18.7 Å². The molecule has 2 aromatic carbocycles. The molecule has 21 heavy (non-hydrogen) atoms. The Balaban J connectivity index is 1.97. The summed E-state index contributed by atoms with van der Waals surface area (Å²) < 4.78 is 12.8. The average Bonchev–Trinajstić information content (AvgIpc) is 2.49. The lowest BCUT2D eigenvalue weighted by molar-refractivity contribution is -0.116. The number of hydrogen-bond acceptors (Lipinski definition) is 3. The monoisotopic (exact) mass is 304 g/mol. The number of hydrogen-bond donors (Lipinski definition) is 2. The third-order valence-electron chi connectivity index (χ3n) is 2.96. The van der Waals surface area contributed by atoms with Gasteiger partial charge in [0, 0.05) is 16.3 Å². The molecule has 0 fully saturated rings. The summed E-state index contributed by atoms with van der Waals surface area (Å²) in [6.07, 6.45) is 2.00. The van der Waals surface area contributed by atoms with Crippen LogP contribution in [-0.4, -0.2) is 18.2 Å². The van der Waals surface area contributed by atoms with E-state index in [1.165, 1.54) is 24.3 Å². The molecule has 5 heteroatoms. The lowest BCUT2D eigenvalue weighted by Crippen LogP contribution is -2.31. The molecular weight excluding hydrogens is 287 g/mol. The molecule has 3 nitrogen and oxygen atoms in total. The molecule has 0 bridgehead atoms. The number of rotatable bonds is 5. The molecule has 0 aliphatic rings. The van der Waals surface area contributed by atoms with Crippen molar-refractivity contribution in [2.24, 2.45) is 0 Å². The molecule has 0 aliphatic carbocycles. The van der Waals surface area contributed by atoms with Crippen LogP contribution in [0, 0.1) is 5.82 Å². The van der Waals surface area contributed by atoms with Gasteiger partial charge in [-0.3, -0.25) is 4.79 Å². The van der Waals surface area contributed by atoms with Gasteiger partial charge in [-0.05, 0) is 55.6 Å². The van der Waals surface area contributed by atoms with Crippen LogP contribution in [0.1, 0.15) is 6.92 Å². The lowest BCUT2D eigenvalue weighted by Gasteiger charge is -2.15. The summed E-state index contributed by atoms with van der Waals surface area (Å²) in [5.41, 5.74) is 1.47. The first-order chi connectivity index (χ1) is 10.1. The first kappa shape index (κ1) is 15.4. The molecule has 2 rings (SSSR count). The Morgan fingerprint density at radius 1 is 1.14 bits per heavy atom. The smallest absolute Gasteiger partial charge is 0.246 e. The molecule has 0 radical (unpaired) electrons. The highest BCUT2D eigenvalue weighted by atomic mass is 32.2. The first-order valence-electron chi connectivity index (χ1n) is 6.55. The number of nitrogens with one attached hydrogen (secondary N) is 2. The quantitative estimate of drug-likeness (QED) is 0.821. The molecule has 110 valence electrons. The maximum atomic E-state index is 12.8. The van der Waals surface area contributed by atoms with Crippen molar-refractivity contribution in [3.63, 3.8) is 0 Å². The molecule has 0 aromatic heterocycles. The molecule has 1 atom stereocenters. The van der Waals surface area contributed by atoms with Crippen molar-refractivity contribution in [2.75, 3.05) is 16.9 Å². The van der Waals surface area contributed by atoms with Crippen LogP contribution in [0.3, 0.4) is 0 Å². The largest absolute Gasteiger partial charge is 0.374 e. The van der Waals surface area contributed by atoms with E-state index in [9.17, 15) is 9.18 Å². The van der Waals surface area contributed by atoms with Crippen LogP contribution in [0.25, 0.3) is 0 Å². The van der Waals surface area contributed by atoms with E-state index in [0.717, 1.165) is 10.6 Å². The van der Waals surface area contributed by atoms with Gasteiger partial charge in [-0.1, -0.05) is 6.07 Å². The molecule has 2 aromatic rings. The molecule has 1 amide bonds. The Hall–Kier alpha value is -2.01. The Labute approximate surface area is 127 Å². The zero-order chi connectivity index (χ0) is 15.2. The summed E-state index contributed by atoms with van der Waals surface area (Å²) >= 11 is 1.65. The predicted molar refractivity (Wildman–Crippen MR) is 86.3 cm³/mol. The number of carbonyl (C=O) groups excluding carboxylic acids is 1. The van der Waals surface area contributed by atoms with Gasteiger partial charge in [-0.2, -0.15) is 0 Å². The summed E-state index contributed by atoms with van der Waals surface area (Å²) in [5, 5.41) is 5.89. The number of thioether (sulfide) groups is 1. The van der Waals surface area contributed by atoms with E-state index in [2.05, 4.69) is 10.6 Å². The van der Waals surface area contributed by atoms with Crippen molar-refractivity contribution < 1.29 is 9.18 Å². The molecule has 0 aliphatic heterocycles. The topological polar surface area (TPSA) is 41.1 Å². The zero-order valence-electron chi connectivity index (χ0n) is 11.9. The minimum absolute atomic E-state index is 0.170. The number of halogens is 1. The van der Waals surface area contributed by atoms with Crippen LogP contribution >= 0.6 is 11.8 Å². The van der Waals surface area contributed by atoms with Crippen molar-refractivity contribution in [1.82, 2.24) is 0 Å². The second-order valence-corrected chi connectivity index (χ2v) is 5.47. The molecular formula is C16H17FN2OS. The van der Waals surface area contributed by atoms with E-state index in [-0.39, 0.29) is 11.7 Å². The fourth-order valence-corrected chi connectivity index (χ4v) is 2.27. The summed E-state index contributed by atoms with van der Waals surface area (Å²) in [4.78, 5) is 13.2. The van der Waals surface area contributed by atoms with E-state index in [0.29, 0.717) is 5.69 Å². The van der Waals surface area contributed by atoms with Gasteiger partial charge in [0.05, 0.1) is 0 Å². The maximum Gasteiger partial charge on any atom is 0.246 e. The van der Waals surface area contributed by atoms with Gasteiger partial charge >= 0.3 is 0 Å². The van der Waals surface area contributed by atoms with Crippen LogP contribution < -0.4 is 10.6 Å². The van der Waals surface area contributed by atoms with Gasteiger partial charge in [-0.25, -0.2) is 4.39 Å². The summed E-state index contributed by atoms with van der Waals surface area (Å²) in [6.45, 7) is 1.78. The molecule has 0 saturated carbocycles. The minimum atomic E-state index is -0.396. The second-order valence-electron chi connectivity index (χ2n) is 4.59. The van der Waals surface area contributed by atoms with Gasteiger partial charge < -0.3 is 10.6 Å². The zero-order valence-corrected chi connectivity index (χ0v) is 12.7. The summed E-state index contributed by atoms with van der Waals surface area (Å²) in [5.74, 6) is -0.496. The number of carbonyl (C=O) groups is 1. The highest BCUT2D eigenvalue weighted by molar-refractivity contribution is 7.98. The number of benzene rings is 2. The Morgan fingerprint density at radius 3 is 2.52 bits per heavy atom. The van der Waals surface area contributed by atoms with Crippen LogP contribution in [0.4, 0.5) is 15.8 Å². The Bertz CT molecular complexity index is 616. The third kappa shape index (κ3) is 4.49. The predicted octanol–water partition coefficient (Wildman–Crippen LogP) is 3.99. The standard InChI is InChI=1S/C16H17FN2OS/c1-11(18-14-4-3-5-15(10-14)21-2)16(20)19-13-8-6-12(17)7-9-13/h3-11,18H,1-2H3,(H,19,20)/t11-/m0/s1. The highest BCUT2D eigenvalue weighted by Gasteiger charge is 2.12. The van der Waals surface area contributed by atoms with Crippen LogP contribution in [0.2, 0.25) is 0 Å². The first-order valence-corrected chi connectivity index (χ1v) is 7.78. The van der Waals surface area contributed by atoms with Gasteiger partial charge in [0.2, 0.25) is 5.91 Å². The Morgan fingerprint density at radius 2 is 1.86 bits per heavy atom. The fourth-order valence-electron chi connectivity index (χ4n) is 1.81. The maximum absolute atomic E-state index is 12.8. The van der Waals surface area contributed by atoms with Crippen molar-refractivity contribution >= 4 is 29.0 Å². The SMILES string of the molecule is CSc1cccc(N[C@@H](C)C(=O)Nc2ccc(F)cc2)c1. The Kier molecular flexibility index (Phi) is 5.22. The number of anilines is 2. The van der Waals surface area contributed by atoms with E-state index < -0.39 is 6.04 Å². The fraction of sp³-hybridized carbons (Fsp3) is 0.188. The molecule has 0 unspecified atom stereocenters. The molecule has 0 saturated heterocycles. The molecule has 2 N–H and O–H groups in total. The summed E-state index contributed by atoms with van der Waals surface area (Å²) in [7, 11) is 0. The summed E-state index contributed by atoms with van der Waals surface area (Å²) in [6, 6.07) is 13.2. The second kappa shape index (κ2) is 7.13. The van der Waals surface area contributed by atoms with Gasteiger partial charge in [0.1, 0.15) is 11.9 Å². The normalized spacial score (nSPS) is 11.8. The average molecular weight is 304 g/mol. The lowest BCUT2D eigenvalue weighted by atomic mass is 10.2. The van der Waals surface area contributed by atoms with Crippen LogP contribution in [-0.2, 0) is 4.79 Å². The van der Waals surface area contributed by atoms with Gasteiger partial charge in [-0.15, -0.1) is 11.8 Å². The van der Waals surface area contributed by atoms with Crippen molar-refractivity contribution in [3.8, 4) is 0 Å². The van der Waals surface area contributed by atoms with Crippen molar-refractivity contribution in [1.29, 1.82) is 0 Å². The van der Waals surface area contributed by atoms with Crippen LogP contribution in [0.5, 0.6) is 0 Å². The van der Waals surface area contributed by atoms with Gasteiger partial charge in [0.25, 0.3) is 0 Å². The highest BCUT2D eigenvalue weighted by Crippen LogP contribution is 2.19. The molecule has 0 heterocycles. The van der Waals surface area contributed by atoms with E-state index in [1.807, 2.05) is 30.5 Å². The molecule has 0 spiro atoms. The van der Waals surface area contributed by atoms with E-state index in [4.69, 9.17) is 0 Å². The van der Waals surface area contributed by atoms with E-state index >= 15 is 0 Å². The van der Waals surface area contributed by atoms with Crippen molar-refractivity contribution in [3.05, 3.63) is 54.3 Å². The van der Waals surface area contributed by atoms with Crippen LogP contribution in [0.15, 0.2) is 53.4 Å².